The summed E-state index contributed by atoms with van der Waals surface area (Å²) in [6, 6.07) is 2.47. The van der Waals surface area contributed by atoms with Gasteiger partial charge in [0.15, 0.2) is 0 Å². The first-order valence-corrected chi connectivity index (χ1v) is 5.31. The summed E-state index contributed by atoms with van der Waals surface area (Å²) in [7, 11) is 1.72. The molecule has 1 saturated heterocycles. The minimum absolute atomic E-state index is 0.105. The van der Waals surface area contributed by atoms with E-state index in [1.807, 2.05) is 0 Å². The third kappa shape index (κ3) is 3.28. The zero-order valence-corrected chi connectivity index (χ0v) is 8.92. The molecule has 1 aliphatic heterocycles. The molecule has 1 rings (SSSR count). The summed E-state index contributed by atoms with van der Waals surface area (Å²) in [5, 5.41) is 9.16. The Balaban J connectivity index is 2.26. The lowest BCUT2D eigenvalue weighted by Gasteiger charge is -2.30. The number of ether oxygens (including phenoxy) is 2. The molecule has 0 aliphatic carbocycles. The fraction of sp³-hybridized carbons (Fsp3) is 0.909. The quantitative estimate of drug-likeness (QED) is 0.634. The zero-order valence-electron chi connectivity index (χ0n) is 8.92. The SMILES string of the molecule is COCCCCC1(C#N)CCOCC1. The maximum absolute atomic E-state index is 9.16. The first kappa shape index (κ1) is 11.5. The number of unbranched alkanes of at least 4 members (excludes halogenated alkanes) is 1. The van der Waals surface area contributed by atoms with Gasteiger partial charge < -0.3 is 9.47 Å². The maximum atomic E-state index is 9.16. The van der Waals surface area contributed by atoms with Gasteiger partial charge in [-0.1, -0.05) is 0 Å². The molecule has 1 fully saturated rings. The van der Waals surface area contributed by atoms with Crippen LogP contribution in [0.25, 0.3) is 0 Å². The Kier molecular flexibility index (Phi) is 4.92. The molecule has 0 atom stereocenters. The highest BCUT2D eigenvalue weighted by molar-refractivity contribution is 4.99. The largest absolute Gasteiger partial charge is 0.385 e. The van der Waals surface area contributed by atoms with Gasteiger partial charge in [0, 0.05) is 26.9 Å². The van der Waals surface area contributed by atoms with Gasteiger partial charge in [-0.2, -0.15) is 5.26 Å². The normalized spacial score (nSPS) is 20.3. The molecule has 0 unspecified atom stereocenters. The second kappa shape index (κ2) is 6.00. The van der Waals surface area contributed by atoms with E-state index in [1.165, 1.54) is 0 Å². The topological polar surface area (TPSA) is 42.2 Å². The van der Waals surface area contributed by atoms with Gasteiger partial charge in [-0.05, 0) is 32.1 Å². The van der Waals surface area contributed by atoms with Crippen molar-refractivity contribution in [1.82, 2.24) is 0 Å². The van der Waals surface area contributed by atoms with Gasteiger partial charge >= 0.3 is 0 Å². The van der Waals surface area contributed by atoms with Gasteiger partial charge in [0.05, 0.1) is 11.5 Å². The van der Waals surface area contributed by atoms with Crippen molar-refractivity contribution in [3.05, 3.63) is 0 Å². The van der Waals surface area contributed by atoms with Gasteiger partial charge in [-0.15, -0.1) is 0 Å². The van der Waals surface area contributed by atoms with Crippen LogP contribution >= 0.6 is 0 Å². The fourth-order valence-electron chi connectivity index (χ4n) is 1.89. The van der Waals surface area contributed by atoms with Gasteiger partial charge in [-0.3, -0.25) is 0 Å². The Morgan fingerprint density at radius 2 is 2.07 bits per heavy atom. The first-order chi connectivity index (χ1) is 6.83. The highest BCUT2D eigenvalue weighted by Crippen LogP contribution is 2.34. The maximum Gasteiger partial charge on any atom is 0.0691 e. The average molecular weight is 197 g/mol. The highest BCUT2D eigenvalue weighted by atomic mass is 16.5. The molecule has 0 bridgehead atoms. The van der Waals surface area contributed by atoms with Crippen molar-refractivity contribution in [3.8, 4) is 6.07 Å². The molecule has 0 aromatic carbocycles. The highest BCUT2D eigenvalue weighted by Gasteiger charge is 2.31. The van der Waals surface area contributed by atoms with Crippen molar-refractivity contribution in [2.45, 2.75) is 32.1 Å². The Morgan fingerprint density at radius 1 is 1.36 bits per heavy atom. The molecule has 0 radical (unpaired) electrons. The number of nitrogens with zero attached hydrogens (tertiary/aromatic N) is 1. The van der Waals surface area contributed by atoms with E-state index in [2.05, 4.69) is 6.07 Å². The van der Waals surface area contributed by atoms with E-state index in [1.54, 1.807) is 7.11 Å². The molecule has 0 spiro atoms. The van der Waals surface area contributed by atoms with Crippen LogP contribution in [-0.4, -0.2) is 26.9 Å². The van der Waals surface area contributed by atoms with E-state index in [0.717, 1.165) is 51.9 Å². The van der Waals surface area contributed by atoms with Crippen LogP contribution in [0.2, 0.25) is 0 Å². The Bertz CT molecular complexity index is 192. The van der Waals surface area contributed by atoms with Crippen molar-refractivity contribution in [3.63, 3.8) is 0 Å². The second-order valence-electron chi connectivity index (χ2n) is 3.95. The van der Waals surface area contributed by atoms with Crippen molar-refractivity contribution < 1.29 is 9.47 Å². The molecule has 1 heterocycles. The number of methoxy groups -OCH3 is 1. The van der Waals surface area contributed by atoms with Crippen LogP contribution in [-0.2, 0) is 9.47 Å². The Morgan fingerprint density at radius 3 is 2.64 bits per heavy atom. The summed E-state index contributed by atoms with van der Waals surface area (Å²) in [6.07, 6.45) is 4.94. The number of nitriles is 1. The lowest BCUT2D eigenvalue weighted by molar-refractivity contribution is 0.0351. The molecule has 3 heteroatoms. The van der Waals surface area contributed by atoms with E-state index in [-0.39, 0.29) is 5.41 Å². The number of hydrogen-bond donors (Lipinski definition) is 0. The Labute approximate surface area is 86.0 Å². The zero-order chi connectivity index (χ0) is 10.3. The third-order valence-corrected chi connectivity index (χ3v) is 2.94. The van der Waals surface area contributed by atoms with Crippen molar-refractivity contribution in [1.29, 1.82) is 5.26 Å². The minimum atomic E-state index is -0.105. The van der Waals surface area contributed by atoms with E-state index in [4.69, 9.17) is 14.7 Å². The fourth-order valence-corrected chi connectivity index (χ4v) is 1.89. The van der Waals surface area contributed by atoms with Crippen LogP contribution in [0.1, 0.15) is 32.1 Å². The molecule has 0 N–H and O–H groups in total. The average Bonchev–Trinajstić information content (AvgIpc) is 2.26. The van der Waals surface area contributed by atoms with E-state index in [0.29, 0.717) is 0 Å². The molecule has 0 saturated carbocycles. The van der Waals surface area contributed by atoms with Crippen molar-refractivity contribution >= 4 is 0 Å². The molecule has 1 aliphatic rings. The van der Waals surface area contributed by atoms with Crippen molar-refractivity contribution in [2.75, 3.05) is 26.9 Å². The molecule has 0 aromatic rings. The molecule has 14 heavy (non-hydrogen) atoms. The third-order valence-electron chi connectivity index (χ3n) is 2.94. The minimum Gasteiger partial charge on any atom is -0.385 e. The summed E-state index contributed by atoms with van der Waals surface area (Å²) in [6.45, 7) is 2.30. The lowest BCUT2D eigenvalue weighted by Crippen LogP contribution is -2.28. The molecule has 0 amide bonds. The number of hydrogen-bond acceptors (Lipinski definition) is 3. The predicted molar refractivity (Wildman–Crippen MR) is 53.8 cm³/mol. The summed E-state index contributed by atoms with van der Waals surface area (Å²) in [4.78, 5) is 0. The second-order valence-corrected chi connectivity index (χ2v) is 3.95. The first-order valence-electron chi connectivity index (χ1n) is 5.31. The molecular weight excluding hydrogens is 178 g/mol. The molecule has 80 valence electrons. The van der Waals surface area contributed by atoms with Gasteiger partial charge in [0.2, 0.25) is 0 Å². The van der Waals surface area contributed by atoms with E-state index >= 15 is 0 Å². The van der Waals surface area contributed by atoms with Gasteiger partial charge in [0.1, 0.15) is 0 Å². The van der Waals surface area contributed by atoms with Crippen LogP contribution in [0.5, 0.6) is 0 Å². The lowest BCUT2D eigenvalue weighted by atomic mass is 9.77. The summed E-state index contributed by atoms with van der Waals surface area (Å²) >= 11 is 0. The van der Waals surface area contributed by atoms with E-state index < -0.39 is 0 Å². The van der Waals surface area contributed by atoms with Crippen LogP contribution in [0.15, 0.2) is 0 Å². The van der Waals surface area contributed by atoms with Crippen LogP contribution < -0.4 is 0 Å². The van der Waals surface area contributed by atoms with Crippen LogP contribution in [0.4, 0.5) is 0 Å². The molecular formula is C11H19NO2. The monoisotopic (exact) mass is 197 g/mol. The van der Waals surface area contributed by atoms with Crippen LogP contribution in [0.3, 0.4) is 0 Å². The van der Waals surface area contributed by atoms with Gasteiger partial charge in [0.25, 0.3) is 0 Å². The summed E-state index contributed by atoms with van der Waals surface area (Å²) in [5.41, 5.74) is -0.105. The van der Waals surface area contributed by atoms with Crippen molar-refractivity contribution in [2.24, 2.45) is 5.41 Å². The summed E-state index contributed by atoms with van der Waals surface area (Å²) in [5.74, 6) is 0. The number of rotatable bonds is 5. The molecule has 3 nitrogen and oxygen atoms in total. The van der Waals surface area contributed by atoms with Crippen LogP contribution in [0, 0.1) is 16.7 Å². The van der Waals surface area contributed by atoms with E-state index in [9.17, 15) is 0 Å². The molecule has 0 aromatic heterocycles. The van der Waals surface area contributed by atoms with Gasteiger partial charge in [-0.25, -0.2) is 0 Å². The predicted octanol–water partition coefficient (Wildman–Crippen LogP) is 2.12. The standard InChI is InChI=1S/C11H19NO2/c1-13-7-3-2-4-11(10-12)5-8-14-9-6-11/h2-9H2,1H3. The summed E-state index contributed by atoms with van der Waals surface area (Å²) < 4.78 is 10.3. The smallest absolute Gasteiger partial charge is 0.0691 e. The Hall–Kier alpha value is -0.590.